The number of amides is 2. The Labute approximate surface area is 207 Å². The molecule has 2 amide bonds. The second kappa shape index (κ2) is 13.0. The number of aryl methyl sites for hydroxylation is 1. The van der Waals surface area contributed by atoms with Crippen LogP contribution in [-0.2, 0) is 21.9 Å². The third kappa shape index (κ3) is 7.79. The SMILES string of the molecule is CCC(C(=O)NC1CCCCC1)N(Cc1ccccc1Cl)C(=O)CSCc1cccc(C)c1. The van der Waals surface area contributed by atoms with Gasteiger partial charge in [0.2, 0.25) is 11.8 Å². The van der Waals surface area contributed by atoms with Crippen molar-refractivity contribution in [1.29, 1.82) is 0 Å². The predicted octanol–water partition coefficient (Wildman–Crippen LogP) is 6.14. The van der Waals surface area contributed by atoms with Gasteiger partial charge in [-0.25, -0.2) is 0 Å². The minimum atomic E-state index is -0.504. The van der Waals surface area contributed by atoms with Gasteiger partial charge in [0, 0.05) is 23.4 Å². The van der Waals surface area contributed by atoms with Crippen LogP contribution >= 0.6 is 23.4 Å². The first-order valence-corrected chi connectivity index (χ1v) is 13.5. The first kappa shape index (κ1) is 25.6. The summed E-state index contributed by atoms with van der Waals surface area (Å²) in [5.41, 5.74) is 3.28. The number of carbonyl (C=O) groups is 2. The van der Waals surface area contributed by atoms with E-state index < -0.39 is 6.04 Å². The number of rotatable bonds is 10. The summed E-state index contributed by atoms with van der Waals surface area (Å²) < 4.78 is 0. The van der Waals surface area contributed by atoms with Gasteiger partial charge in [0.1, 0.15) is 6.04 Å². The summed E-state index contributed by atoms with van der Waals surface area (Å²) in [5, 5.41) is 3.84. The van der Waals surface area contributed by atoms with E-state index in [9.17, 15) is 9.59 Å². The standard InChI is InChI=1S/C27H35ClN2O2S/c1-3-25(27(32)29-23-13-5-4-6-14-23)30(17-22-12-7-8-15-24(22)28)26(31)19-33-18-21-11-9-10-20(2)16-21/h7-12,15-16,23,25H,3-6,13-14,17-19H2,1-2H3,(H,29,32). The van der Waals surface area contributed by atoms with Crippen molar-refractivity contribution in [2.45, 2.75) is 76.8 Å². The summed E-state index contributed by atoms with van der Waals surface area (Å²) in [4.78, 5) is 28.4. The van der Waals surface area contributed by atoms with Crippen LogP contribution in [0.15, 0.2) is 48.5 Å². The van der Waals surface area contributed by atoms with Gasteiger partial charge in [-0.2, -0.15) is 0 Å². The fourth-order valence-corrected chi connectivity index (χ4v) is 5.47. The molecule has 0 aliphatic heterocycles. The van der Waals surface area contributed by atoms with Gasteiger partial charge in [-0.3, -0.25) is 9.59 Å². The van der Waals surface area contributed by atoms with E-state index in [0.29, 0.717) is 23.7 Å². The summed E-state index contributed by atoms with van der Waals surface area (Å²) in [6.07, 6.45) is 6.15. The van der Waals surface area contributed by atoms with Crippen molar-refractivity contribution in [3.8, 4) is 0 Å². The van der Waals surface area contributed by atoms with Gasteiger partial charge in [0.15, 0.2) is 0 Å². The summed E-state index contributed by atoms with van der Waals surface area (Å²) in [6, 6.07) is 15.6. The van der Waals surface area contributed by atoms with Crippen molar-refractivity contribution < 1.29 is 9.59 Å². The van der Waals surface area contributed by atoms with Crippen LogP contribution in [0.1, 0.15) is 62.1 Å². The number of halogens is 1. The van der Waals surface area contributed by atoms with Gasteiger partial charge in [-0.05, 0) is 43.4 Å². The Morgan fingerprint density at radius 2 is 1.88 bits per heavy atom. The number of thioether (sulfide) groups is 1. The lowest BCUT2D eigenvalue weighted by molar-refractivity contribution is -0.139. The largest absolute Gasteiger partial charge is 0.352 e. The highest BCUT2D eigenvalue weighted by atomic mass is 35.5. The maximum absolute atomic E-state index is 13.4. The van der Waals surface area contributed by atoms with Crippen LogP contribution in [0.4, 0.5) is 0 Å². The minimum absolute atomic E-state index is 0.0294. The Hall–Kier alpha value is -1.98. The van der Waals surface area contributed by atoms with Gasteiger partial charge < -0.3 is 10.2 Å². The summed E-state index contributed by atoms with van der Waals surface area (Å²) in [7, 11) is 0. The van der Waals surface area contributed by atoms with Crippen molar-refractivity contribution in [3.05, 3.63) is 70.2 Å². The van der Waals surface area contributed by atoms with Gasteiger partial charge in [0.05, 0.1) is 5.75 Å². The molecule has 3 rings (SSSR count). The quantitative estimate of drug-likeness (QED) is 0.439. The van der Waals surface area contributed by atoms with E-state index in [-0.39, 0.29) is 17.9 Å². The average Bonchev–Trinajstić information content (AvgIpc) is 2.81. The molecule has 33 heavy (non-hydrogen) atoms. The van der Waals surface area contributed by atoms with Crippen LogP contribution in [-0.4, -0.2) is 34.6 Å². The molecule has 0 saturated heterocycles. The molecule has 1 saturated carbocycles. The van der Waals surface area contributed by atoms with Gasteiger partial charge >= 0.3 is 0 Å². The molecular weight excluding hydrogens is 452 g/mol. The van der Waals surface area contributed by atoms with Crippen molar-refractivity contribution >= 4 is 35.2 Å². The number of carbonyl (C=O) groups excluding carboxylic acids is 2. The first-order chi connectivity index (χ1) is 16.0. The highest BCUT2D eigenvalue weighted by molar-refractivity contribution is 7.99. The molecule has 4 nitrogen and oxygen atoms in total. The number of hydrogen-bond donors (Lipinski definition) is 1. The normalized spacial score (nSPS) is 15.1. The van der Waals surface area contributed by atoms with Crippen molar-refractivity contribution in [3.63, 3.8) is 0 Å². The molecule has 1 aliphatic rings. The molecule has 1 unspecified atom stereocenters. The number of nitrogens with one attached hydrogen (secondary N) is 1. The van der Waals surface area contributed by atoms with Crippen LogP contribution in [0, 0.1) is 6.92 Å². The van der Waals surface area contributed by atoms with E-state index in [0.717, 1.165) is 37.0 Å². The van der Waals surface area contributed by atoms with Crippen molar-refractivity contribution in [1.82, 2.24) is 10.2 Å². The lowest BCUT2D eigenvalue weighted by Crippen LogP contribution is -2.52. The molecular formula is C27H35ClN2O2S. The van der Waals surface area contributed by atoms with Crippen LogP contribution in [0.5, 0.6) is 0 Å². The third-order valence-electron chi connectivity index (χ3n) is 6.21. The van der Waals surface area contributed by atoms with Crippen molar-refractivity contribution in [2.24, 2.45) is 0 Å². The van der Waals surface area contributed by atoms with E-state index in [4.69, 9.17) is 11.6 Å². The van der Waals surface area contributed by atoms with E-state index >= 15 is 0 Å². The summed E-state index contributed by atoms with van der Waals surface area (Å²) >= 11 is 8.00. The van der Waals surface area contributed by atoms with Crippen LogP contribution in [0.3, 0.4) is 0 Å². The molecule has 6 heteroatoms. The van der Waals surface area contributed by atoms with Crippen LogP contribution in [0.25, 0.3) is 0 Å². The van der Waals surface area contributed by atoms with Crippen LogP contribution in [0.2, 0.25) is 5.02 Å². The molecule has 0 heterocycles. The fourth-order valence-electron chi connectivity index (χ4n) is 4.41. The highest BCUT2D eigenvalue weighted by Gasteiger charge is 2.30. The van der Waals surface area contributed by atoms with Gasteiger partial charge in [0.25, 0.3) is 0 Å². The monoisotopic (exact) mass is 486 g/mol. The average molecular weight is 487 g/mol. The predicted molar refractivity (Wildman–Crippen MR) is 138 cm³/mol. The Bertz CT molecular complexity index is 930. The Balaban J connectivity index is 1.71. The van der Waals surface area contributed by atoms with E-state index in [1.54, 1.807) is 16.7 Å². The van der Waals surface area contributed by atoms with Crippen molar-refractivity contribution in [2.75, 3.05) is 5.75 Å². The topological polar surface area (TPSA) is 49.4 Å². The lowest BCUT2D eigenvalue weighted by atomic mass is 9.95. The first-order valence-electron chi connectivity index (χ1n) is 11.9. The highest BCUT2D eigenvalue weighted by Crippen LogP contribution is 2.23. The Kier molecular flexibility index (Phi) is 10.1. The molecule has 2 aromatic carbocycles. The zero-order valence-corrected chi connectivity index (χ0v) is 21.3. The molecule has 1 aliphatic carbocycles. The Morgan fingerprint density at radius 1 is 1.12 bits per heavy atom. The minimum Gasteiger partial charge on any atom is -0.352 e. The van der Waals surface area contributed by atoms with E-state index in [2.05, 4.69) is 30.4 Å². The number of benzene rings is 2. The van der Waals surface area contributed by atoms with Crippen LogP contribution < -0.4 is 5.32 Å². The molecule has 178 valence electrons. The smallest absolute Gasteiger partial charge is 0.243 e. The van der Waals surface area contributed by atoms with Gasteiger partial charge in [-0.15, -0.1) is 11.8 Å². The second-order valence-corrected chi connectivity index (χ2v) is 10.3. The van der Waals surface area contributed by atoms with E-state index in [1.165, 1.54) is 17.5 Å². The zero-order chi connectivity index (χ0) is 23.6. The molecule has 1 fully saturated rings. The number of hydrogen-bond acceptors (Lipinski definition) is 3. The maximum atomic E-state index is 13.4. The molecule has 0 aromatic heterocycles. The maximum Gasteiger partial charge on any atom is 0.243 e. The zero-order valence-electron chi connectivity index (χ0n) is 19.7. The van der Waals surface area contributed by atoms with E-state index in [1.807, 2.05) is 37.3 Å². The number of nitrogens with zero attached hydrogens (tertiary/aromatic N) is 1. The molecule has 2 aromatic rings. The summed E-state index contributed by atoms with van der Waals surface area (Å²) in [5.74, 6) is 1.01. The lowest BCUT2D eigenvalue weighted by Gasteiger charge is -2.33. The molecule has 0 spiro atoms. The molecule has 0 bridgehead atoms. The molecule has 0 radical (unpaired) electrons. The molecule has 1 N–H and O–H groups in total. The summed E-state index contributed by atoms with van der Waals surface area (Å²) in [6.45, 7) is 4.37. The fraction of sp³-hybridized carbons (Fsp3) is 0.481. The van der Waals surface area contributed by atoms with Gasteiger partial charge in [-0.1, -0.05) is 85.8 Å². The second-order valence-electron chi connectivity index (χ2n) is 8.86. The molecule has 1 atom stereocenters. The Morgan fingerprint density at radius 3 is 2.58 bits per heavy atom. The third-order valence-corrected chi connectivity index (χ3v) is 7.57.